The number of nitrogens with zero attached hydrogens (tertiary/aromatic N) is 1. The van der Waals surface area contributed by atoms with Crippen LogP contribution in [0.3, 0.4) is 0 Å². The van der Waals surface area contributed by atoms with E-state index < -0.39 is 0 Å². The number of ketones is 1. The highest BCUT2D eigenvalue weighted by atomic mass is 35.5. The van der Waals surface area contributed by atoms with Crippen LogP contribution in [-0.2, 0) is 4.79 Å². The molecule has 1 saturated heterocycles. The molecule has 0 radical (unpaired) electrons. The Balaban J connectivity index is 1.43. The average Bonchev–Trinajstić information content (AvgIpc) is 3.37. The van der Waals surface area contributed by atoms with Crippen LogP contribution in [0.15, 0.2) is 78.9 Å². The molecule has 0 bridgehead atoms. The zero-order valence-corrected chi connectivity index (χ0v) is 24.6. The van der Waals surface area contributed by atoms with E-state index in [1.807, 2.05) is 36.4 Å². The maximum Gasteiger partial charge on any atom is 0.251 e. The summed E-state index contributed by atoms with van der Waals surface area (Å²) in [6.07, 6.45) is 1.29. The van der Waals surface area contributed by atoms with E-state index in [1.54, 1.807) is 6.07 Å². The second-order valence-electron chi connectivity index (χ2n) is 11.0. The van der Waals surface area contributed by atoms with Gasteiger partial charge in [0, 0.05) is 47.2 Å². The van der Waals surface area contributed by atoms with Crippen LogP contribution in [0.5, 0.6) is 0 Å². The first-order chi connectivity index (χ1) is 19.2. The van der Waals surface area contributed by atoms with Crippen molar-refractivity contribution in [3.8, 4) is 0 Å². The third kappa shape index (κ3) is 6.41. The number of rotatable bonds is 8. The Morgan fingerprint density at radius 3 is 2.27 bits per heavy atom. The first-order valence-electron chi connectivity index (χ1n) is 13.8. The Morgan fingerprint density at radius 2 is 1.57 bits per heavy atom. The summed E-state index contributed by atoms with van der Waals surface area (Å²) in [7, 11) is 0. The van der Waals surface area contributed by atoms with E-state index >= 15 is 0 Å². The lowest BCUT2D eigenvalue weighted by Gasteiger charge is -2.31. The molecule has 1 unspecified atom stereocenters. The number of Topliss-reactive ketones (excluding diaryl/α,β-unsaturated/α-hetero) is 1. The Hall–Kier alpha value is -3.18. The largest absolute Gasteiger partial charge is 0.352 e. The first-order valence-corrected chi connectivity index (χ1v) is 14.5. The Labute approximate surface area is 246 Å². The molecule has 3 atom stereocenters. The van der Waals surface area contributed by atoms with Crippen molar-refractivity contribution in [3.63, 3.8) is 0 Å². The molecule has 1 fully saturated rings. The highest BCUT2D eigenvalue weighted by Gasteiger charge is 2.37. The standard InChI is InChI=1S/C34H34Cl2N2O2/c1-21-4-5-27-15-28(11-10-26(27)14-21)33-18-30(29-16-31(35)19-32(36)17-29)20-38(33)23(3)24-6-8-25(9-7-24)34(40)37-13-12-22(2)39/h4-11,14-17,19,23,30,33H,12-13,18,20H2,1-3H3,(H,37,40)/t23?,30-,33+/m0/s1. The Bertz CT molecular complexity index is 1530. The van der Waals surface area contributed by atoms with E-state index in [1.165, 1.54) is 28.8 Å². The molecule has 1 aliphatic heterocycles. The average molecular weight is 574 g/mol. The van der Waals surface area contributed by atoms with Gasteiger partial charge in [-0.15, -0.1) is 0 Å². The van der Waals surface area contributed by atoms with Crippen LogP contribution in [0.1, 0.15) is 77.3 Å². The molecule has 4 aromatic rings. The minimum absolute atomic E-state index is 0.0597. The topological polar surface area (TPSA) is 49.4 Å². The summed E-state index contributed by atoms with van der Waals surface area (Å²) < 4.78 is 0. The van der Waals surface area contributed by atoms with Crippen molar-refractivity contribution >= 4 is 45.7 Å². The van der Waals surface area contributed by atoms with Crippen LogP contribution < -0.4 is 5.32 Å². The maximum absolute atomic E-state index is 12.5. The molecule has 1 aliphatic rings. The van der Waals surface area contributed by atoms with Gasteiger partial charge in [0.25, 0.3) is 5.91 Å². The van der Waals surface area contributed by atoms with Gasteiger partial charge in [-0.2, -0.15) is 0 Å². The van der Waals surface area contributed by atoms with Gasteiger partial charge in [0.2, 0.25) is 0 Å². The fourth-order valence-corrected chi connectivity index (χ4v) is 6.36. The van der Waals surface area contributed by atoms with E-state index in [0.29, 0.717) is 28.6 Å². The van der Waals surface area contributed by atoms with Gasteiger partial charge in [0.15, 0.2) is 0 Å². The van der Waals surface area contributed by atoms with E-state index in [2.05, 4.69) is 60.5 Å². The van der Waals surface area contributed by atoms with E-state index in [0.717, 1.165) is 24.1 Å². The van der Waals surface area contributed by atoms with Gasteiger partial charge in [-0.1, -0.05) is 71.2 Å². The predicted octanol–water partition coefficient (Wildman–Crippen LogP) is 8.46. The van der Waals surface area contributed by atoms with Crippen molar-refractivity contribution in [2.75, 3.05) is 13.1 Å². The monoisotopic (exact) mass is 572 g/mol. The lowest BCUT2D eigenvalue weighted by molar-refractivity contribution is -0.116. The summed E-state index contributed by atoms with van der Waals surface area (Å²) in [6, 6.07) is 27.4. The molecule has 4 aromatic carbocycles. The third-order valence-electron chi connectivity index (χ3n) is 8.02. The van der Waals surface area contributed by atoms with Crippen LogP contribution in [0.25, 0.3) is 10.8 Å². The molecule has 5 rings (SSSR count). The number of benzene rings is 4. The van der Waals surface area contributed by atoms with Crippen LogP contribution in [-0.4, -0.2) is 29.7 Å². The highest BCUT2D eigenvalue weighted by molar-refractivity contribution is 6.34. The molecule has 1 amide bonds. The summed E-state index contributed by atoms with van der Waals surface area (Å²) in [5.41, 5.74) is 5.44. The SMILES string of the molecule is CC(=O)CCNC(=O)c1ccc(C(C)N2C[C@@H](c3cc(Cl)cc(Cl)c3)C[C@@H]2c2ccc3cc(C)ccc3c2)cc1. The summed E-state index contributed by atoms with van der Waals surface area (Å²) in [5.74, 6) is 0.178. The summed E-state index contributed by atoms with van der Waals surface area (Å²) in [6.45, 7) is 7.09. The van der Waals surface area contributed by atoms with Crippen LogP contribution in [0.2, 0.25) is 10.0 Å². The number of halogens is 2. The lowest BCUT2D eigenvalue weighted by Crippen LogP contribution is -2.28. The molecular formula is C34H34Cl2N2O2. The molecular weight excluding hydrogens is 539 g/mol. The molecule has 0 aromatic heterocycles. The first kappa shape index (κ1) is 28.4. The molecule has 4 nitrogen and oxygen atoms in total. The molecule has 1 heterocycles. The lowest BCUT2D eigenvalue weighted by atomic mass is 9.92. The van der Waals surface area contributed by atoms with Gasteiger partial charge in [0.1, 0.15) is 5.78 Å². The van der Waals surface area contributed by atoms with Gasteiger partial charge in [0.05, 0.1) is 0 Å². The zero-order valence-electron chi connectivity index (χ0n) is 23.1. The maximum atomic E-state index is 12.5. The number of fused-ring (bicyclic) bond motifs is 1. The molecule has 0 saturated carbocycles. The second-order valence-corrected chi connectivity index (χ2v) is 11.8. The highest BCUT2D eigenvalue weighted by Crippen LogP contribution is 2.46. The van der Waals surface area contributed by atoms with Crippen molar-refractivity contribution in [1.82, 2.24) is 10.2 Å². The quantitative estimate of drug-likeness (QED) is 0.230. The van der Waals surface area contributed by atoms with Crippen molar-refractivity contribution in [2.45, 2.75) is 51.6 Å². The van der Waals surface area contributed by atoms with Crippen LogP contribution in [0.4, 0.5) is 0 Å². The van der Waals surface area contributed by atoms with Crippen LogP contribution in [0, 0.1) is 6.92 Å². The molecule has 1 N–H and O–H groups in total. The Kier molecular flexibility index (Phi) is 8.60. The number of carbonyl (C=O) groups excluding carboxylic acids is 2. The molecule has 40 heavy (non-hydrogen) atoms. The number of nitrogens with one attached hydrogen (secondary N) is 1. The second kappa shape index (κ2) is 12.1. The van der Waals surface area contributed by atoms with Gasteiger partial charge in [-0.05, 0) is 97.0 Å². The minimum atomic E-state index is -0.163. The number of amides is 1. The van der Waals surface area contributed by atoms with E-state index in [9.17, 15) is 9.59 Å². The van der Waals surface area contributed by atoms with Crippen molar-refractivity contribution < 1.29 is 9.59 Å². The van der Waals surface area contributed by atoms with E-state index in [4.69, 9.17) is 23.2 Å². The number of carbonyl (C=O) groups is 2. The smallest absolute Gasteiger partial charge is 0.251 e. The number of hydrogen-bond acceptors (Lipinski definition) is 3. The molecule has 0 aliphatic carbocycles. The van der Waals surface area contributed by atoms with Crippen LogP contribution >= 0.6 is 23.2 Å². The van der Waals surface area contributed by atoms with E-state index in [-0.39, 0.29) is 29.7 Å². The number of likely N-dealkylation sites (tertiary alicyclic amines) is 1. The Morgan fingerprint density at radius 1 is 0.900 bits per heavy atom. The molecule has 206 valence electrons. The minimum Gasteiger partial charge on any atom is -0.352 e. The van der Waals surface area contributed by atoms with Gasteiger partial charge >= 0.3 is 0 Å². The predicted molar refractivity (Wildman–Crippen MR) is 164 cm³/mol. The number of hydrogen-bond donors (Lipinski definition) is 1. The van der Waals surface area contributed by atoms with Crippen molar-refractivity contribution in [3.05, 3.63) is 117 Å². The summed E-state index contributed by atoms with van der Waals surface area (Å²) >= 11 is 12.8. The van der Waals surface area contributed by atoms with Gasteiger partial charge < -0.3 is 5.32 Å². The van der Waals surface area contributed by atoms with Crippen molar-refractivity contribution in [1.29, 1.82) is 0 Å². The normalized spacial score (nSPS) is 18.1. The molecule has 6 heteroatoms. The van der Waals surface area contributed by atoms with Gasteiger partial charge in [-0.25, -0.2) is 0 Å². The van der Waals surface area contributed by atoms with Crippen molar-refractivity contribution in [2.24, 2.45) is 0 Å². The number of aryl methyl sites for hydroxylation is 1. The summed E-state index contributed by atoms with van der Waals surface area (Å²) in [5, 5.41) is 6.62. The third-order valence-corrected chi connectivity index (χ3v) is 8.45. The fourth-order valence-electron chi connectivity index (χ4n) is 5.82. The van der Waals surface area contributed by atoms with Gasteiger partial charge in [-0.3, -0.25) is 14.5 Å². The zero-order chi connectivity index (χ0) is 28.4. The molecule has 0 spiro atoms. The fraction of sp³-hybridized carbons (Fsp3) is 0.294. The summed E-state index contributed by atoms with van der Waals surface area (Å²) in [4.78, 5) is 26.3.